The molecule has 5 heteroatoms. The molecule has 0 aliphatic heterocycles. The smallest absolute Gasteiger partial charge is 0.179 e. The highest BCUT2D eigenvalue weighted by molar-refractivity contribution is 6.36. The fourth-order valence-electron chi connectivity index (χ4n) is 3.98. The van der Waals surface area contributed by atoms with E-state index in [2.05, 4.69) is 0 Å². The third-order valence-electron chi connectivity index (χ3n) is 5.76. The summed E-state index contributed by atoms with van der Waals surface area (Å²) in [5.74, 6) is -0.833. The van der Waals surface area contributed by atoms with Crippen molar-refractivity contribution < 1.29 is 14.7 Å². The summed E-state index contributed by atoms with van der Waals surface area (Å²) < 4.78 is 0. The molecule has 0 unspecified atom stereocenters. The fraction of sp³-hybridized carbons (Fsp3) is 0.333. The number of hydrogen-bond donors (Lipinski definition) is 1. The minimum absolute atomic E-state index is 0.180. The van der Waals surface area contributed by atoms with E-state index in [-0.39, 0.29) is 22.9 Å². The molecule has 0 spiro atoms. The molecule has 0 radical (unpaired) electrons. The fourth-order valence-corrected chi connectivity index (χ4v) is 4.50. The number of carbonyl (C=O) groups is 2. The summed E-state index contributed by atoms with van der Waals surface area (Å²) in [5, 5.41) is 12.0. The molecule has 152 valence electrons. The molecule has 1 aliphatic carbocycles. The molecule has 0 fully saturated rings. The van der Waals surface area contributed by atoms with Crippen molar-refractivity contribution >= 4 is 40.3 Å². The van der Waals surface area contributed by atoms with Gasteiger partial charge in [-0.05, 0) is 69.0 Å². The van der Waals surface area contributed by atoms with E-state index >= 15 is 0 Å². The van der Waals surface area contributed by atoms with Gasteiger partial charge in [-0.25, -0.2) is 0 Å². The van der Waals surface area contributed by atoms with Gasteiger partial charge >= 0.3 is 0 Å². The summed E-state index contributed by atoms with van der Waals surface area (Å²) in [4.78, 5) is 26.1. The number of aliphatic hydroxyl groups excluding tert-OH is 1. The Balaban J connectivity index is 2.31. The first-order valence-electron chi connectivity index (χ1n) is 9.55. The van der Waals surface area contributed by atoms with Crippen molar-refractivity contribution in [3.05, 3.63) is 63.3 Å². The monoisotopic (exact) mass is 430 g/mol. The van der Waals surface area contributed by atoms with Crippen LogP contribution in [0.25, 0.3) is 16.7 Å². The average Bonchev–Trinajstić information content (AvgIpc) is 2.66. The number of benzene rings is 2. The van der Waals surface area contributed by atoms with Crippen molar-refractivity contribution in [3.63, 3.8) is 0 Å². The second kappa shape index (κ2) is 7.30. The molecule has 3 nitrogen and oxygen atoms in total. The van der Waals surface area contributed by atoms with Gasteiger partial charge < -0.3 is 5.11 Å². The number of allylic oxidation sites excluding steroid dienone is 2. The van der Waals surface area contributed by atoms with Crippen LogP contribution in [-0.4, -0.2) is 16.7 Å². The summed E-state index contributed by atoms with van der Waals surface area (Å²) in [6, 6.07) is 11.0. The minimum atomic E-state index is -1.22. The van der Waals surface area contributed by atoms with Crippen LogP contribution in [0.5, 0.6) is 0 Å². The summed E-state index contributed by atoms with van der Waals surface area (Å²) in [7, 11) is 0. The van der Waals surface area contributed by atoms with Gasteiger partial charge in [0.15, 0.2) is 11.6 Å². The lowest BCUT2D eigenvalue weighted by Crippen LogP contribution is -2.48. The Morgan fingerprint density at radius 1 is 0.897 bits per heavy atom. The number of rotatable bonds is 3. The molecular weight excluding hydrogens is 407 g/mol. The maximum absolute atomic E-state index is 13.3. The predicted molar refractivity (Wildman–Crippen MR) is 118 cm³/mol. The molecule has 0 saturated carbocycles. The Labute approximate surface area is 181 Å². The zero-order chi connectivity index (χ0) is 21.7. The Bertz CT molecular complexity index is 1060. The van der Waals surface area contributed by atoms with E-state index < -0.39 is 10.8 Å². The van der Waals surface area contributed by atoms with Crippen molar-refractivity contribution in [3.8, 4) is 11.1 Å². The Kier molecular flexibility index (Phi) is 5.44. The number of hydrogen-bond acceptors (Lipinski definition) is 3. The van der Waals surface area contributed by atoms with Gasteiger partial charge in [-0.1, -0.05) is 48.3 Å². The van der Waals surface area contributed by atoms with E-state index in [0.29, 0.717) is 22.0 Å². The van der Waals surface area contributed by atoms with E-state index in [9.17, 15) is 14.7 Å². The summed E-state index contributed by atoms with van der Waals surface area (Å²) in [5.41, 5.74) is 0.970. The Morgan fingerprint density at radius 3 is 2.14 bits per heavy atom. The van der Waals surface area contributed by atoms with Crippen molar-refractivity contribution in [1.82, 2.24) is 0 Å². The second-order valence-corrected chi connectivity index (χ2v) is 9.33. The minimum Gasteiger partial charge on any atom is -0.510 e. The Hall–Kier alpha value is -2.10. The molecule has 0 atom stereocenters. The second-order valence-electron chi connectivity index (χ2n) is 8.48. The number of aryl methyl sites for hydroxylation is 1. The number of halogens is 2. The van der Waals surface area contributed by atoms with Gasteiger partial charge in [-0.2, -0.15) is 0 Å². The standard InChI is InChI=1S/C24H24Cl2O3/c1-6-13-7-8-14(16-10-9-15(25)12-18(16)26)11-17(13)19-20(27)23(2,3)22(29)24(4,5)21(19)28/h7-12,27H,6H2,1-5H3. The first-order valence-corrected chi connectivity index (χ1v) is 10.3. The number of ketones is 2. The molecular formula is C24H24Cl2O3. The zero-order valence-corrected chi connectivity index (χ0v) is 18.7. The SMILES string of the molecule is CCc1ccc(-c2ccc(Cl)cc2Cl)cc1C1=C(O)C(C)(C)C(=O)C(C)(C)C1=O. The largest absolute Gasteiger partial charge is 0.510 e. The van der Waals surface area contributed by atoms with Gasteiger partial charge in [0.05, 0.1) is 16.4 Å². The molecule has 29 heavy (non-hydrogen) atoms. The summed E-state index contributed by atoms with van der Waals surface area (Å²) >= 11 is 12.4. The van der Waals surface area contributed by atoms with Crippen molar-refractivity contribution in [2.75, 3.05) is 0 Å². The van der Waals surface area contributed by atoms with Crippen LogP contribution in [-0.2, 0) is 16.0 Å². The molecule has 1 N–H and O–H groups in total. The molecule has 0 saturated heterocycles. The molecule has 2 aromatic rings. The average molecular weight is 431 g/mol. The number of carbonyl (C=O) groups excluding carboxylic acids is 2. The van der Waals surface area contributed by atoms with Crippen LogP contribution in [0, 0.1) is 10.8 Å². The van der Waals surface area contributed by atoms with Gasteiger partial charge in [-0.3, -0.25) is 9.59 Å². The molecule has 0 bridgehead atoms. The lowest BCUT2D eigenvalue weighted by molar-refractivity contribution is -0.143. The molecule has 2 aromatic carbocycles. The van der Waals surface area contributed by atoms with Crippen LogP contribution in [0.4, 0.5) is 0 Å². The molecule has 0 heterocycles. The number of aliphatic hydroxyl groups is 1. The maximum Gasteiger partial charge on any atom is 0.179 e. The quantitative estimate of drug-likeness (QED) is 0.551. The van der Waals surface area contributed by atoms with Crippen molar-refractivity contribution in [2.24, 2.45) is 10.8 Å². The summed E-state index contributed by atoms with van der Waals surface area (Å²) in [6.45, 7) is 8.55. The third-order valence-corrected chi connectivity index (χ3v) is 6.31. The molecule has 0 aromatic heterocycles. The van der Waals surface area contributed by atoms with Gasteiger partial charge in [-0.15, -0.1) is 0 Å². The van der Waals surface area contributed by atoms with E-state index in [1.54, 1.807) is 39.8 Å². The van der Waals surface area contributed by atoms with E-state index in [4.69, 9.17) is 23.2 Å². The third kappa shape index (κ3) is 3.41. The van der Waals surface area contributed by atoms with E-state index in [1.807, 2.05) is 31.2 Å². The van der Waals surface area contributed by atoms with Crippen LogP contribution in [0.1, 0.15) is 45.7 Å². The van der Waals surface area contributed by atoms with Crippen LogP contribution >= 0.6 is 23.2 Å². The van der Waals surface area contributed by atoms with E-state index in [1.165, 1.54) is 0 Å². The lowest BCUT2D eigenvalue weighted by atomic mass is 9.62. The first-order chi connectivity index (χ1) is 13.4. The van der Waals surface area contributed by atoms with Crippen LogP contribution in [0.15, 0.2) is 42.2 Å². The predicted octanol–water partition coefficient (Wildman–Crippen LogP) is 6.70. The van der Waals surface area contributed by atoms with Gasteiger partial charge in [0.2, 0.25) is 0 Å². The van der Waals surface area contributed by atoms with Crippen LogP contribution in [0.3, 0.4) is 0 Å². The molecule has 3 rings (SSSR count). The zero-order valence-electron chi connectivity index (χ0n) is 17.2. The highest BCUT2D eigenvalue weighted by Crippen LogP contribution is 2.47. The van der Waals surface area contributed by atoms with Gasteiger partial charge in [0, 0.05) is 15.6 Å². The van der Waals surface area contributed by atoms with Gasteiger partial charge in [0.1, 0.15) is 5.76 Å². The molecule has 0 amide bonds. The topological polar surface area (TPSA) is 54.4 Å². The first kappa shape index (κ1) is 21.6. The summed E-state index contributed by atoms with van der Waals surface area (Å²) in [6.07, 6.45) is 0.669. The lowest BCUT2D eigenvalue weighted by Gasteiger charge is -2.38. The van der Waals surface area contributed by atoms with Crippen molar-refractivity contribution in [2.45, 2.75) is 41.0 Å². The van der Waals surface area contributed by atoms with Crippen LogP contribution < -0.4 is 0 Å². The normalized spacial score (nSPS) is 18.3. The van der Waals surface area contributed by atoms with Crippen LogP contribution in [0.2, 0.25) is 10.0 Å². The highest BCUT2D eigenvalue weighted by Gasteiger charge is 2.53. The Morgan fingerprint density at radius 2 is 1.55 bits per heavy atom. The van der Waals surface area contributed by atoms with Gasteiger partial charge in [0.25, 0.3) is 0 Å². The maximum atomic E-state index is 13.3. The van der Waals surface area contributed by atoms with Crippen molar-refractivity contribution in [1.29, 1.82) is 0 Å². The molecule has 1 aliphatic rings. The number of Topliss-reactive ketones (excluding diaryl/α,β-unsaturated/α-hetero) is 2. The van der Waals surface area contributed by atoms with E-state index in [0.717, 1.165) is 16.7 Å². The highest BCUT2D eigenvalue weighted by atomic mass is 35.5.